The van der Waals surface area contributed by atoms with Crippen LogP contribution in [0.15, 0.2) is 18.9 Å². The lowest BCUT2D eigenvalue weighted by molar-refractivity contribution is 0.102. The Morgan fingerprint density at radius 1 is 1.67 bits per heavy atom. The minimum Gasteiger partial charge on any atom is -0.445 e. The van der Waals surface area contributed by atoms with Gasteiger partial charge in [-0.1, -0.05) is 12.7 Å². The smallest absolute Gasteiger partial charge is 0.410 e. The summed E-state index contributed by atoms with van der Waals surface area (Å²) in [7, 11) is 0. The first-order chi connectivity index (χ1) is 10.2. The highest BCUT2D eigenvalue weighted by Gasteiger charge is 2.35. The van der Waals surface area contributed by atoms with E-state index >= 15 is 0 Å². The number of β-amino-alcohol motifs (C(OH)–C–C–N with tert-alkyl or cyclic N) is 1. The number of nitrogens with zero attached hydrogens (tertiary/aromatic N) is 2. The lowest BCUT2D eigenvalue weighted by Crippen LogP contribution is -2.37. The van der Waals surface area contributed by atoms with Gasteiger partial charge >= 0.3 is 6.09 Å². The first-order valence-electron chi connectivity index (χ1n) is 7.00. The molecule has 116 valence electrons. The number of amides is 1. The number of aliphatic hydroxyl groups is 2. The maximum Gasteiger partial charge on any atom is 0.410 e. The number of nitrogens with one attached hydrogen (secondary N) is 1. The molecule has 2 heterocycles. The molecule has 1 fully saturated rings. The van der Waals surface area contributed by atoms with Crippen molar-refractivity contribution < 1.29 is 19.7 Å². The third-order valence-corrected chi connectivity index (χ3v) is 3.58. The number of rotatable bonds is 6. The molecule has 0 aromatic carbocycles. The topological polar surface area (TPSA) is 98.7 Å². The maximum absolute atomic E-state index is 12.0. The van der Waals surface area contributed by atoms with E-state index in [2.05, 4.69) is 16.8 Å². The molecule has 0 spiro atoms. The molecule has 0 unspecified atom stereocenters. The summed E-state index contributed by atoms with van der Waals surface area (Å²) in [6.45, 7) is 3.96. The fourth-order valence-electron chi connectivity index (χ4n) is 2.62. The van der Waals surface area contributed by atoms with Gasteiger partial charge < -0.3 is 19.8 Å². The second-order valence-corrected chi connectivity index (χ2v) is 5.11. The molecule has 1 amide bonds. The van der Waals surface area contributed by atoms with Crippen LogP contribution in [0.1, 0.15) is 17.7 Å². The van der Waals surface area contributed by atoms with E-state index < -0.39 is 12.2 Å². The van der Waals surface area contributed by atoms with Gasteiger partial charge in [-0.05, 0) is 18.4 Å². The Morgan fingerprint density at radius 2 is 2.48 bits per heavy atom. The Kier molecular flexibility index (Phi) is 5.35. The number of hydrogen-bond acceptors (Lipinski definition) is 5. The van der Waals surface area contributed by atoms with Gasteiger partial charge in [-0.25, -0.2) is 4.79 Å². The van der Waals surface area contributed by atoms with Crippen molar-refractivity contribution in [3.05, 3.63) is 30.1 Å². The van der Waals surface area contributed by atoms with Gasteiger partial charge in [0.2, 0.25) is 0 Å². The predicted molar refractivity (Wildman–Crippen MR) is 75.7 cm³/mol. The summed E-state index contributed by atoms with van der Waals surface area (Å²) in [6, 6.07) is -0.132. The summed E-state index contributed by atoms with van der Waals surface area (Å²) in [5.74, 6) is 0. The van der Waals surface area contributed by atoms with E-state index in [4.69, 9.17) is 9.84 Å². The second-order valence-electron chi connectivity index (χ2n) is 5.11. The van der Waals surface area contributed by atoms with Gasteiger partial charge in [-0.15, -0.1) is 0 Å². The van der Waals surface area contributed by atoms with Gasteiger partial charge in [0.15, 0.2) is 0 Å². The molecule has 0 radical (unpaired) electrons. The molecule has 7 nitrogen and oxygen atoms in total. The highest BCUT2D eigenvalue weighted by molar-refractivity contribution is 5.68. The Morgan fingerprint density at radius 3 is 3.19 bits per heavy atom. The molecule has 2 rings (SSSR count). The Balaban J connectivity index is 2.04. The Hall–Kier alpha value is -1.86. The van der Waals surface area contributed by atoms with Crippen LogP contribution in [0.2, 0.25) is 0 Å². The van der Waals surface area contributed by atoms with E-state index in [0.29, 0.717) is 19.3 Å². The molecular formula is C14H21N3O4. The van der Waals surface area contributed by atoms with Crippen LogP contribution < -0.4 is 0 Å². The van der Waals surface area contributed by atoms with E-state index in [-0.39, 0.29) is 25.8 Å². The minimum absolute atomic E-state index is 0.0353. The minimum atomic E-state index is -0.542. The number of ether oxygens (including phenoxy) is 1. The molecule has 1 aliphatic rings. The number of aliphatic hydroxyl groups excluding tert-OH is 2. The largest absolute Gasteiger partial charge is 0.445 e. The SMILES string of the molecule is C=CCOC(=O)N1C[C@H](O)C[C@H]1Cc1cn[nH]c1CCO. The van der Waals surface area contributed by atoms with Gasteiger partial charge in [0.25, 0.3) is 0 Å². The summed E-state index contributed by atoms with van der Waals surface area (Å²) >= 11 is 0. The predicted octanol–water partition coefficient (Wildman–Crippen LogP) is 0.245. The van der Waals surface area contributed by atoms with Crippen LogP contribution >= 0.6 is 0 Å². The van der Waals surface area contributed by atoms with Gasteiger partial charge in [-0.2, -0.15) is 5.10 Å². The van der Waals surface area contributed by atoms with Crippen LogP contribution in [0.5, 0.6) is 0 Å². The lowest BCUT2D eigenvalue weighted by atomic mass is 10.0. The van der Waals surface area contributed by atoms with E-state index in [9.17, 15) is 9.90 Å². The van der Waals surface area contributed by atoms with Crippen LogP contribution in [0.3, 0.4) is 0 Å². The average Bonchev–Trinajstić information content (AvgIpc) is 3.04. The first kappa shape index (κ1) is 15.5. The number of carbonyl (C=O) groups excluding carboxylic acids is 1. The number of carbonyl (C=O) groups is 1. The average molecular weight is 295 g/mol. The van der Waals surface area contributed by atoms with Gasteiger partial charge in [0.05, 0.1) is 18.8 Å². The molecule has 1 aromatic rings. The zero-order valence-electron chi connectivity index (χ0n) is 11.9. The highest BCUT2D eigenvalue weighted by Crippen LogP contribution is 2.23. The number of aromatic nitrogens is 2. The summed E-state index contributed by atoms with van der Waals surface area (Å²) < 4.78 is 5.04. The molecular weight excluding hydrogens is 274 g/mol. The van der Waals surface area contributed by atoms with Crippen LogP contribution in [0, 0.1) is 0 Å². The summed E-state index contributed by atoms with van der Waals surface area (Å²) in [5.41, 5.74) is 1.81. The van der Waals surface area contributed by atoms with Gasteiger partial charge in [0.1, 0.15) is 6.61 Å². The number of likely N-dealkylation sites (tertiary alicyclic amines) is 1. The Bertz CT molecular complexity index is 488. The van der Waals surface area contributed by atoms with Gasteiger partial charge in [-0.3, -0.25) is 5.10 Å². The van der Waals surface area contributed by atoms with Crippen molar-refractivity contribution in [3.63, 3.8) is 0 Å². The summed E-state index contributed by atoms with van der Waals surface area (Å²) in [4.78, 5) is 13.5. The zero-order chi connectivity index (χ0) is 15.2. The van der Waals surface area contributed by atoms with E-state index in [1.807, 2.05) is 0 Å². The molecule has 1 aromatic heterocycles. The van der Waals surface area contributed by atoms with Crippen LogP contribution in [-0.4, -0.2) is 63.3 Å². The normalized spacial score (nSPS) is 21.5. The van der Waals surface area contributed by atoms with Crippen molar-refractivity contribution in [3.8, 4) is 0 Å². The molecule has 1 aliphatic heterocycles. The number of aromatic amines is 1. The molecule has 2 atom stereocenters. The van der Waals surface area contributed by atoms with Crippen molar-refractivity contribution in [2.75, 3.05) is 19.8 Å². The van der Waals surface area contributed by atoms with Crippen molar-refractivity contribution in [2.24, 2.45) is 0 Å². The molecule has 3 N–H and O–H groups in total. The van der Waals surface area contributed by atoms with E-state index in [0.717, 1.165) is 11.3 Å². The summed E-state index contributed by atoms with van der Waals surface area (Å²) in [6.07, 6.45) is 3.80. The monoisotopic (exact) mass is 295 g/mol. The second kappa shape index (κ2) is 7.24. The third kappa shape index (κ3) is 3.83. The standard InChI is InChI=1S/C14H21N3O4/c1-2-5-21-14(20)17-9-12(19)7-11(17)6-10-8-15-16-13(10)3-4-18/h2,8,11-12,18-19H,1,3-7,9H2,(H,15,16)/t11-,12-/m1/s1. The van der Waals surface area contributed by atoms with Gasteiger partial charge in [0, 0.05) is 24.8 Å². The van der Waals surface area contributed by atoms with Crippen LogP contribution in [0.4, 0.5) is 4.79 Å². The van der Waals surface area contributed by atoms with Crippen molar-refractivity contribution in [2.45, 2.75) is 31.4 Å². The Labute approximate surface area is 123 Å². The highest BCUT2D eigenvalue weighted by atomic mass is 16.6. The van der Waals surface area contributed by atoms with Crippen LogP contribution in [-0.2, 0) is 17.6 Å². The third-order valence-electron chi connectivity index (χ3n) is 3.58. The van der Waals surface area contributed by atoms with Crippen LogP contribution in [0.25, 0.3) is 0 Å². The number of H-pyrrole nitrogens is 1. The molecule has 1 saturated heterocycles. The fraction of sp³-hybridized carbons (Fsp3) is 0.571. The van der Waals surface area contributed by atoms with Crippen molar-refractivity contribution in [1.82, 2.24) is 15.1 Å². The zero-order valence-corrected chi connectivity index (χ0v) is 11.9. The molecule has 0 bridgehead atoms. The molecule has 0 aliphatic carbocycles. The molecule has 0 saturated carbocycles. The molecule has 7 heteroatoms. The lowest BCUT2D eigenvalue weighted by Gasteiger charge is -2.23. The fourth-order valence-corrected chi connectivity index (χ4v) is 2.62. The number of hydrogen-bond donors (Lipinski definition) is 3. The van der Waals surface area contributed by atoms with E-state index in [1.165, 1.54) is 6.08 Å². The summed E-state index contributed by atoms with van der Waals surface area (Å²) in [5, 5.41) is 25.7. The van der Waals surface area contributed by atoms with E-state index in [1.54, 1.807) is 11.1 Å². The quantitative estimate of drug-likeness (QED) is 0.653. The molecule has 21 heavy (non-hydrogen) atoms. The first-order valence-corrected chi connectivity index (χ1v) is 7.00. The maximum atomic E-state index is 12.0. The van der Waals surface area contributed by atoms with Crippen molar-refractivity contribution >= 4 is 6.09 Å². The van der Waals surface area contributed by atoms with Crippen molar-refractivity contribution in [1.29, 1.82) is 0 Å².